The lowest BCUT2D eigenvalue weighted by molar-refractivity contribution is -0.115. The summed E-state index contributed by atoms with van der Waals surface area (Å²) in [5, 5.41) is 8.46. The molecule has 136 valence electrons. The zero-order valence-electron chi connectivity index (χ0n) is 14.2. The van der Waals surface area contributed by atoms with Crippen LogP contribution >= 0.6 is 23.7 Å². The quantitative estimate of drug-likeness (QED) is 0.732. The van der Waals surface area contributed by atoms with Crippen LogP contribution in [0.2, 0.25) is 0 Å². The maximum atomic E-state index is 11.9. The summed E-state index contributed by atoms with van der Waals surface area (Å²) in [6.07, 6.45) is 2.54. The Hall–Kier alpha value is -1.83. The van der Waals surface area contributed by atoms with E-state index in [9.17, 15) is 4.79 Å². The summed E-state index contributed by atoms with van der Waals surface area (Å²) in [4.78, 5) is 16.4. The molecule has 1 aliphatic rings. The highest BCUT2D eigenvalue weighted by atomic mass is 35.5. The molecule has 8 heteroatoms. The van der Waals surface area contributed by atoms with Gasteiger partial charge in [0.25, 0.3) is 0 Å². The van der Waals surface area contributed by atoms with E-state index in [1.165, 1.54) is 24.2 Å². The SMILES string of the molecule is COc1ccc(OC)c(-c2csc(NC(=O)CNCC3CC3)n2)c1.Cl. The number of ether oxygens (including phenoxy) is 2. The summed E-state index contributed by atoms with van der Waals surface area (Å²) in [7, 11) is 3.23. The third kappa shape index (κ3) is 5.32. The molecule has 0 aliphatic heterocycles. The van der Waals surface area contributed by atoms with Crippen LogP contribution in [0.1, 0.15) is 12.8 Å². The summed E-state index contributed by atoms with van der Waals surface area (Å²) < 4.78 is 10.6. The Morgan fingerprint density at radius 1 is 1.32 bits per heavy atom. The molecule has 1 aromatic heterocycles. The molecule has 0 unspecified atom stereocenters. The fourth-order valence-corrected chi connectivity index (χ4v) is 3.07. The molecule has 1 heterocycles. The number of nitrogens with one attached hydrogen (secondary N) is 2. The second-order valence-corrected chi connectivity index (χ2v) is 6.58. The van der Waals surface area contributed by atoms with Gasteiger partial charge >= 0.3 is 0 Å². The Morgan fingerprint density at radius 3 is 2.80 bits per heavy atom. The Balaban J connectivity index is 0.00000225. The average molecular weight is 384 g/mol. The number of carbonyl (C=O) groups excluding carboxylic acids is 1. The first-order valence-corrected chi connectivity index (χ1v) is 8.76. The predicted octanol–water partition coefficient (Wildman–Crippen LogP) is 3.19. The zero-order valence-corrected chi connectivity index (χ0v) is 15.8. The van der Waals surface area contributed by atoms with E-state index in [1.807, 2.05) is 23.6 Å². The lowest BCUT2D eigenvalue weighted by Crippen LogP contribution is -2.29. The van der Waals surface area contributed by atoms with Crippen molar-refractivity contribution in [1.29, 1.82) is 0 Å². The number of anilines is 1. The number of thiazole rings is 1. The van der Waals surface area contributed by atoms with Crippen LogP contribution in [0.5, 0.6) is 11.5 Å². The van der Waals surface area contributed by atoms with Gasteiger partial charge in [-0.05, 0) is 43.5 Å². The summed E-state index contributed by atoms with van der Waals surface area (Å²) >= 11 is 1.39. The van der Waals surface area contributed by atoms with Gasteiger partial charge < -0.3 is 20.1 Å². The van der Waals surface area contributed by atoms with Crippen LogP contribution < -0.4 is 20.1 Å². The summed E-state index contributed by atoms with van der Waals surface area (Å²) in [6.45, 7) is 1.23. The van der Waals surface area contributed by atoms with Gasteiger partial charge in [-0.2, -0.15) is 0 Å². The number of benzene rings is 1. The van der Waals surface area contributed by atoms with Gasteiger partial charge in [0.1, 0.15) is 11.5 Å². The van der Waals surface area contributed by atoms with Gasteiger partial charge in [0.15, 0.2) is 5.13 Å². The Bertz CT molecular complexity index is 719. The minimum atomic E-state index is -0.0749. The minimum absolute atomic E-state index is 0. The number of amides is 1. The average Bonchev–Trinajstić information content (AvgIpc) is 3.31. The Kier molecular flexibility index (Phi) is 7.04. The number of methoxy groups -OCH3 is 2. The Morgan fingerprint density at radius 2 is 2.12 bits per heavy atom. The smallest absolute Gasteiger partial charge is 0.240 e. The van der Waals surface area contributed by atoms with Crippen molar-refractivity contribution in [1.82, 2.24) is 10.3 Å². The van der Waals surface area contributed by atoms with E-state index < -0.39 is 0 Å². The molecule has 0 atom stereocenters. The topological polar surface area (TPSA) is 72.5 Å². The van der Waals surface area contributed by atoms with Crippen LogP contribution in [0.4, 0.5) is 5.13 Å². The van der Waals surface area contributed by atoms with Gasteiger partial charge in [0.2, 0.25) is 5.91 Å². The van der Waals surface area contributed by atoms with Crippen molar-refractivity contribution in [2.45, 2.75) is 12.8 Å². The first-order chi connectivity index (χ1) is 11.7. The maximum absolute atomic E-state index is 11.9. The van der Waals surface area contributed by atoms with Crippen molar-refractivity contribution >= 4 is 34.8 Å². The Labute approximate surface area is 157 Å². The predicted molar refractivity (Wildman–Crippen MR) is 102 cm³/mol. The van der Waals surface area contributed by atoms with E-state index >= 15 is 0 Å². The van der Waals surface area contributed by atoms with Crippen molar-refractivity contribution in [3.8, 4) is 22.8 Å². The fourth-order valence-electron chi connectivity index (χ4n) is 2.34. The largest absolute Gasteiger partial charge is 0.497 e. The maximum Gasteiger partial charge on any atom is 0.240 e. The van der Waals surface area contributed by atoms with Crippen LogP contribution in [0, 0.1) is 5.92 Å². The molecule has 6 nitrogen and oxygen atoms in total. The number of aromatic nitrogens is 1. The molecule has 1 aromatic carbocycles. The third-order valence-electron chi connectivity index (χ3n) is 3.85. The highest BCUT2D eigenvalue weighted by Gasteiger charge is 2.20. The molecule has 1 fully saturated rings. The van der Waals surface area contributed by atoms with Gasteiger partial charge in [-0.1, -0.05) is 0 Å². The minimum Gasteiger partial charge on any atom is -0.497 e. The van der Waals surface area contributed by atoms with Crippen molar-refractivity contribution < 1.29 is 14.3 Å². The van der Waals surface area contributed by atoms with Gasteiger partial charge in [-0.3, -0.25) is 4.79 Å². The van der Waals surface area contributed by atoms with E-state index in [0.717, 1.165) is 29.5 Å². The normalized spacial score (nSPS) is 13.0. The molecule has 3 rings (SSSR count). The van der Waals surface area contributed by atoms with Crippen molar-refractivity contribution in [3.63, 3.8) is 0 Å². The number of nitrogens with zero attached hydrogens (tertiary/aromatic N) is 1. The van der Waals surface area contributed by atoms with E-state index in [2.05, 4.69) is 15.6 Å². The van der Waals surface area contributed by atoms with Crippen LogP contribution in [0.25, 0.3) is 11.3 Å². The highest BCUT2D eigenvalue weighted by molar-refractivity contribution is 7.14. The van der Waals surface area contributed by atoms with Gasteiger partial charge in [0, 0.05) is 10.9 Å². The zero-order chi connectivity index (χ0) is 16.9. The van der Waals surface area contributed by atoms with Crippen LogP contribution in [-0.4, -0.2) is 38.2 Å². The first kappa shape index (κ1) is 19.5. The molecule has 0 bridgehead atoms. The molecule has 1 aliphatic carbocycles. The molecular weight excluding hydrogens is 362 g/mol. The molecule has 0 radical (unpaired) electrons. The van der Waals surface area contributed by atoms with Crippen molar-refractivity contribution in [2.75, 3.05) is 32.6 Å². The van der Waals surface area contributed by atoms with E-state index in [1.54, 1.807) is 14.2 Å². The van der Waals surface area contributed by atoms with Crippen molar-refractivity contribution in [2.24, 2.45) is 5.92 Å². The summed E-state index contributed by atoms with van der Waals surface area (Å²) in [6, 6.07) is 5.55. The monoisotopic (exact) mass is 383 g/mol. The second kappa shape index (κ2) is 9.03. The van der Waals surface area contributed by atoms with E-state index in [4.69, 9.17) is 9.47 Å². The molecule has 0 spiro atoms. The molecule has 2 aromatic rings. The van der Waals surface area contributed by atoms with E-state index in [0.29, 0.717) is 17.4 Å². The number of carbonyl (C=O) groups is 1. The standard InChI is InChI=1S/C17H21N3O3S.ClH/c1-22-12-5-6-15(23-2)13(7-12)14-10-24-17(19-14)20-16(21)9-18-8-11-3-4-11;/h5-7,10-11,18H,3-4,8-9H2,1-2H3,(H,19,20,21);1H. The molecular formula is C17H22ClN3O3S. The third-order valence-corrected chi connectivity index (χ3v) is 4.61. The first-order valence-electron chi connectivity index (χ1n) is 7.88. The highest BCUT2D eigenvalue weighted by Crippen LogP contribution is 2.35. The molecule has 25 heavy (non-hydrogen) atoms. The summed E-state index contributed by atoms with van der Waals surface area (Å²) in [5.41, 5.74) is 1.58. The fraction of sp³-hybridized carbons (Fsp3) is 0.412. The lowest BCUT2D eigenvalue weighted by Gasteiger charge is -2.08. The molecule has 0 saturated heterocycles. The molecule has 1 amide bonds. The number of rotatable bonds is 8. The van der Waals surface area contributed by atoms with Gasteiger partial charge in [0.05, 0.1) is 26.5 Å². The van der Waals surface area contributed by atoms with E-state index in [-0.39, 0.29) is 18.3 Å². The van der Waals surface area contributed by atoms with Gasteiger partial charge in [-0.25, -0.2) is 4.98 Å². The number of hydrogen-bond donors (Lipinski definition) is 2. The van der Waals surface area contributed by atoms with Gasteiger partial charge in [-0.15, -0.1) is 23.7 Å². The van der Waals surface area contributed by atoms with Crippen LogP contribution in [-0.2, 0) is 4.79 Å². The molecule has 1 saturated carbocycles. The number of hydrogen-bond acceptors (Lipinski definition) is 6. The molecule has 2 N–H and O–H groups in total. The van der Waals surface area contributed by atoms with Crippen molar-refractivity contribution in [3.05, 3.63) is 23.6 Å². The number of halogens is 1. The summed E-state index contributed by atoms with van der Waals surface area (Å²) in [5.74, 6) is 2.12. The second-order valence-electron chi connectivity index (χ2n) is 5.73. The lowest BCUT2D eigenvalue weighted by atomic mass is 10.1. The van der Waals surface area contributed by atoms with Crippen LogP contribution in [0.3, 0.4) is 0 Å². The van der Waals surface area contributed by atoms with Crippen LogP contribution in [0.15, 0.2) is 23.6 Å².